The van der Waals surface area contributed by atoms with Crippen molar-refractivity contribution in [3.63, 3.8) is 0 Å². The monoisotopic (exact) mass is 449 g/mol. The van der Waals surface area contributed by atoms with Gasteiger partial charge >= 0.3 is 0 Å². The lowest BCUT2D eigenvalue weighted by Crippen LogP contribution is -2.59. The molecule has 1 aliphatic carbocycles. The predicted octanol–water partition coefficient (Wildman–Crippen LogP) is 4.12. The highest BCUT2D eigenvalue weighted by Crippen LogP contribution is 2.30. The van der Waals surface area contributed by atoms with Gasteiger partial charge in [-0.3, -0.25) is 4.90 Å². The van der Waals surface area contributed by atoms with E-state index in [1.165, 1.54) is 29.5 Å². The van der Waals surface area contributed by atoms with Crippen molar-refractivity contribution in [1.82, 2.24) is 9.88 Å². The smallest absolute Gasteiger partial charge is 0.124 e. The summed E-state index contributed by atoms with van der Waals surface area (Å²) in [6, 6.07) is 17.2. The van der Waals surface area contributed by atoms with Crippen LogP contribution < -0.4 is 19.5 Å². The van der Waals surface area contributed by atoms with E-state index < -0.39 is 0 Å². The first-order valence-corrected chi connectivity index (χ1v) is 12.1. The van der Waals surface area contributed by atoms with Crippen LogP contribution in [0.15, 0.2) is 48.5 Å². The summed E-state index contributed by atoms with van der Waals surface area (Å²) in [5.41, 5.74) is 2.27. The average molecular weight is 450 g/mol. The lowest BCUT2D eigenvalue weighted by atomic mass is 9.89. The summed E-state index contributed by atoms with van der Waals surface area (Å²) in [5.74, 6) is 0.964. The SMILES string of the molecule is Clc1ccc(-c2nc3c(s2)=CN(c2ccc(OC4CN(C5CCC5)C4)cc2)CC=3)cc1. The number of aromatic nitrogens is 1. The fraction of sp³-hybridized carbons (Fsp3) is 0.320. The van der Waals surface area contributed by atoms with E-state index in [0.29, 0.717) is 6.10 Å². The lowest BCUT2D eigenvalue weighted by molar-refractivity contribution is -0.0308. The maximum atomic E-state index is 6.16. The third-order valence-electron chi connectivity index (χ3n) is 6.47. The summed E-state index contributed by atoms with van der Waals surface area (Å²) in [6.45, 7) is 2.97. The number of rotatable bonds is 5. The van der Waals surface area contributed by atoms with Crippen LogP contribution in [0.25, 0.3) is 22.8 Å². The summed E-state index contributed by atoms with van der Waals surface area (Å²) in [6.07, 6.45) is 8.86. The Hall–Kier alpha value is -2.34. The fourth-order valence-electron chi connectivity index (χ4n) is 4.36. The van der Waals surface area contributed by atoms with Crippen molar-refractivity contribution in [3.8, 4) is 16.3 Å². The second kappa shape index (κ2) is 7.97. The van der Waals surface area contributed by atoms with Crippen molar-refractivity contribution < 1.29 is 4.74 Å². The second-order valence-corrected chi connectivity index (χ2v) is 10.0. The standard InChI is InChI=1S/C25H24ClN3OS/c26-18-6-4-17(5-7-18)25-27-23-12-13-28(16-24(23)31-25)20-8-10-21(11-9-20)30-22-14-29(15-22)19-2-1-3-19/h4-12,16,19,22H,1-3,13-15H2. The van der Waals surface area contributed by atoms with Crippen molar-refractivity contribution in [3.05, 3.63) is 63.4 Å². The molecular weight excluding hydrogens is 426 g/mol. The third kappa shape index (κ3) is 3.86. The van der Waals surface area contributed by atoms with Crippen LogP contribution in [-0.4, -0.2) is 41.7 Å². The molecule has 1 saturated heterocycles. The number of ether oxygens (including phenoxy) is 1. The van der Waals surface area contributed by atoms with Gasteiger partial charge in [-0.1, -0.05) is 30.2 Å². The van der Waals surface area contributed by atoms with Crippen LogP contribution in [0.2, 0.25) is 5.02 Å². The molecule has 0 atom stereocenters. The van der Waals surface area contributed by atoms with E-state index in [1.807, 2.05) is 24.3 Å². The molecule has 31 heavy (non-hydrogen) atoms. The largest absolute Gasteiger partial charge is 0.488 e. The van der Waals surface area contributed by atoms with Crippen molar-refractivity contribution >= 4 is 40.9 Å². The summed E-state index contributed by atoms with van der Waals surface area (Å²) < 4.78 is 7.35. The van der Waals surface area contributed by atoms with Crippen molar-refractivity contribution in [2.45, 2.75) is 31.4 Å². The maximum Gasteiger partial charge on any atom is 0.124 e. The molecule has 2 aromatic carbocycles. The van der Waals surface area contributed by atoms with E-state index in [-0.39, 0.29) is 0 Å². The highest BCUT2D eigenvalue weighted by atomic mass is 35.5. The van der Waals surface area contributed by atoms with Crippen molar-refractivity contribution in [2.24, 2.45) is 0 Å². The Balaban J connectivity index is 1.14. The van der Waals surface area contributed by atoms with Gasteiger partial charge in [-0.25, -0.2) is 4.98 Å². The van der Waals surface area contributed by atoms with Crippen molar-refractivity contribution in [1.29, 1.82) is 0 Å². The van der Waals surface area contributed by atoms with E-state index in [4.69, 9.17) is 21.3 Å². The van der Waals surface area contributed by atoms with Crippen LogP contribution in [0, 0.1) is 0 Å². The third-order valence-corrected chi connectivity index (χ3v) is 7.77. The number of benzene rings is 2. The molecular formula is C25H24ClN3OS. The Bertz CT molecular complexity index is 1200. The Morgan fingerprint density at radius 3 is 2.48 bits per heavy atom. The minimum atomic E-state index is 0.340. The first-order valence-electron chi connectivity index (χ1n) is 10.9. The van der Waals surface area contributed by atoms with Gasteiger partial charge in [-0.05, 0) is 55.3 Å². The van der Waals surface area contributed by atoms with E-state index in [1.54, 1.807) is 11.3 Å². The summed E-state index contributed by atoms with van der Waals surface area (Å²) in [5, 5.41) is 2.83. The number of fused-ring (bicyclic) bond motifs is 1. The Kier molecular flexibility index (Phi) is 4.98. The molecule has 3 aliphatic rings. The molecule has 6 heteroatoms. The van der Waals surface area contributed by atoms with Gasteiger partial charge in [0, 0.05) is 48.1 Å². The van der Waals surface area contributed by atoms with Crippen LogP contribution in [0.4, 0.5) is 5.69 Å². The van der Waals surface area contributed by atoms with Gasteiger partial charge in [0.1, 0.15) is 16.9 Å². The number of hydrogen-bond acceptors (Lipinski definition) is 5. The van der Waals surface area contributed by atoms with Crippen LogP contribution in [-0.2, 0) is 0 Å². The number of likely N-dealkylation sites (tertiary alicyclic amines) is 1. The molecule has 0 spiro atoms. The number of anilines is 1. The average Bonchev–Trinajstić information content (AvgIpc) is 3.15. The van der Waals surface area contributed by atoms with E-state index in [2.05, 4.69) is 46.3 Å². The number of halogens is 1. The summed E-state index contributed by atoms with van der Waals surface area (Å²) in [4.78, 5) is 9.63. The zero-order chi connectivity index (χ0) is 20.8. The van der Waals surface area contributed by atoms with Gasteiger partial charge in [0.05, 0.1) is 9.88 Å². The molecule has 0 unspecified atom stereocenters. The number of thiazole rings is 1. The molecule has 1 saturated carbocycles. The highest BCUT2D eigenvalue weighted by molar-refractivity contribution is 7.13. The normalized spacial score (nSPS) is 19.1. The topological polar surface area (TPSA) is 28.6 Å². The minimum Gasteiger partial charge on any atom is -0.488 e. The molecule has 0 N–H and O–H groups in total. The second-order valence-electron chi connectivity index (χ2n) is 8.53. The zero-order valence-electron chi connectivity index (χ0n) is 17.2. The van der Waals surface area contributed by atoms with Gasteiger partial charge in [-0.15, -0.1) is 11.3 Å². The molecule has 0 bridgehead atoms. The minimum absolute atomic E-state index is 0.340. The Morgan fingerprint density at radius 2 is 1.77 bits per heavy atom. The maximum absolute atomic E-state index is 6.16. The van der Waals surface area contributed by atoms with Gasteiger partial charge in [-0.2, -0.15) is 0 Å². The Labute approximate surface area is 191 Å². The van der Waals surface area contributed by atoms with E-state index in [9.17, 15) is 0 Å². The van der Waals surface area contributed by atoms with E-state index in [0.717, 1.165) is 52.4 Å². The van der Waals surface area contributed by atoms with Crippen molar-refractivity contribution in [2.75, 3.05) is 24.5 Å². The lowest BCUT2D eigenvalue weighted by Gasteiger charge is -2.47. The molecule has 2 aliphatic heterocycles. The first-order chi connectivity index (χ1) is 15.2. The molecule has 2 fully saturated rings. The highest BCUT2D eigenvalue weighted by Gasteiger charge is 2.36. The van der Waals surface area contributed by atoms with Crippen LogP contribution in [0.3, 0.4) is 0 Å². The quantitative estimate of drug-likeness (QED) is 0.586. The van der Waals surface area contributed by atoms with Gasteiger partial charge in [0.25, 0.3) is 0 Å². The number of nitrogens with zero attached hydrogens (tertiary/aromatic N) is 3. The Morgan fingerprint density at radius 1 is 1.00 bits per heavy atom. The first kappa shape index (κ1) is 19.4. The van der Waals surface area contributed by atoms with Crippen LogP contribution in [0.5, 0.6) is 5.75 Å². The summed E-state index contributed by atoms with van der Waals surface area (Å²) >= 11 is 7.73. The zero-order valence-corrected chi connectivity index (χ0v) is 18.8. The van der Waals surface area contributed by atoms with Gasteiger partial charge < -0.3 is 9.64 Å². The molecule has 0 amide bonds. The van der Waals surface area contributed by atoms with Gasteiger partial charge in [0.2, 0.25) is 0 Å². The molecule has 158 valence electrons. The fourth-order valence-corrected chi connectivity index (χ4v) is 5.51. The van der Waals surface area contributed by atoms with Gasteiger partial charge in [0.15, 0.2) is 0 Å². The summed E-state index contributed by atoms with van der Waals surface area (Å²) in [7, 11) is 0. The van der Waals surface area contributed by atoms with Crippen LogP contribution in [0.1, 0.15) is 19.3 Å². The molecule has 6 rings (SSSR count). The molecule has 4 nitrogen and oxygen atoms in total. The van der Waals surface area contributed by atoms with E-state index >= 15 is 0 Å². The molecule has 1 aromatic heterocycles. The number of hydrogen-bond donors (Lipinski definition) is 0. The predicted molar refractivity (Wildman–Crippen MR) is 128 cm³/mol. The molecule has 3 heterocycles. The van der Waals surface area contributed by atoms with Crippen LogP contribution >= 0.6 is 22.9 Å². The molecule has 0 radical (unpaired) electrons. The molecule has 3 aromatic rings.